The molecular weight excluding hydrogens is 1120 g/mol. The van der Waals surface area contributed by atoms with Crippen molar-refractivity contribution in [3.8, 4) is 45.3 Å². The van der Waals surface area contributed by atoms with Crippen molar-refractivity contribution in [1.82, 2.24) is 40.8 Å². The number of hydrogen-bond donors (Lipinski definition) is 6. The molecule has 0 saturated carbocycles. The number of amides is 5. The molecular formula is C59H58F2N12O9S2. The Kier molecular flexibility index (Phi) is 20.3. The van der Waals surface area contributed by atoms with Crippen molar-refractivity contribution in [2.45, 2.75) is 64.3 Å². The van der Waals surface area contributed by atoms with Gasteiger partial charge in [-0.05, 0) is 114 Å². The minimum Gasteiger partial charge on any atom is -0.480 e. The smallest absolute Gasteiger partial charge is 0.480 e. The summed E-state index contributed by atoms with van der Waals surface area (Å²) in [6.07, 6.45) is 4.16. The summed E-state index contributed by atoms with van der Waals surface area (Å²) in [5, 5.41) is 20.7. The first-order chi connectivity index (χ1) is 40.4. The maximum atomic E-state index is 13.9. The third-order valence-corrected chi connectivity index (χ3v) is 15.7. The Balaban J connectivity index is 0.802. The van der Waals surface area contributed by atoms with Gasteiger partial charge in [0.1, 0.15) is 25.3 Å². The van der Waals surface area contributed by atoms with Crippen LogP contribution in [0.15, 0.2) is 116 Å². The summed E-state index contributed by atoms with van der Waals surface area (Å²) < 4.78 is 43.5. The fourth-order valence-electron chi connectivity index (χ4n) is 8.84. The van der Waals surface area contributed by atoms with E-state index < -0.39 is 73.2 Å². The molecule has 7 aromatic rings. The summed E-state index contributed by atoms with van der Waals surface area (Å²) in [4.78, 5) is 96.4. The topological polar surface area (TPSA) is 309 Å². The van der Waals surface area contributed by atoms with E-state index >= 15 is 0 Å². The zero-order valence-electron chi connectivity index (χ0n) is 45.8. The fourth-order valence-corrected chi connectivity index (χ4v) is 10.8. The zero-order valence-corrected chi connectivity index (χ0v) is 47.4. The molecule has 4 aromatic heterocycles. The fraction of sp³-hybridized carbons (Fsp3) is 0.271. The number of nitrogens with one attached hydrogen (secondary N) is 4. The van der Waals surface area contributed by atoms with Crippen molar-refractivity contribution >= 4 is 85.2 Å². The number of nitrogens with zero attached hydrogens (tertiary/aromatic N) is 6. The van der Waals surface area contributed by atoms with E-state index in [9.17, 15) is 42.8 Å². The molecule has 21 nitrogen and oxygen atoms in total. The van der Waals surface area contributed by atoms with Crippen LogP contribution < -0.4 is 37.5 Å². The number of halogens is 2. The van der Waals surface area contributed by atoms with Crippen molar-refractivity contribution in [2.24, 2.45) is 0 Å². The molecule has 2 atom stereocenters. The molecule has 0 radical (unpaired) electrons. The van der Waals surface area contributed by atoms with Gasteiger partial charge in [-0.2, -0.15) is 5.26 Å². The normalized spacial score (nSPS) is 13.7. The highest BCUT2D eigenvalue weighted by atomic mass is 33.1. The van der Waals surface area contributed by atoms with Crippen LogP contribution in [0.5, 0.6) is 5.88 Å². The molecule has 1 unspecified atom stereocenters. The number of nitriles is 1. The predicted octanol–water partition coefficient (Wildman–Crippen LogP) is 7.95. The van der Waals surface area contributed by atoms with Crippen molar-refractivity contribution in [1.29, 1.82) is 5.26 Å². The van der Waals surface area contributed by atoms with E-state index in [0.717, 1.165) is 60.3 Å². The quantitative estimate of drug-likeness (QED) is 0.0153. The second kappa shape index (κ2) is 28.0. The highest BCUT2D eigenvalue weighted by Crippen LogP contribution is 2.34. The molecule has 84 heavy (non-hydrogen) atoms. The number of benzene rings is 3. The van der Waals surface area contributed by atoms with Gasteiger partial charge >= 0.3 is 6.16 Å². The number of carbonyl (C=O) groups is 6. The number of likely N-dealkylation sites (tertiary alicyclic amines) is 1. The number of aryl methyl sites for hydroxylation is 2. The standard InChI is InChI=1S/C59H58F2N12O9S2/c1-34-20-36(5-9-47(34)63)37-6-10-49(35(2)21-37)72-56(78)51(71-53(75)13-12-52(74)68-29-43-22-39(14-16-65-43)55(77)69-30-54(76)73-33-59(60,61)25-44(73)26-62)32-84-83-19-18-81-58(79)82-31-42-8-4-40(27-67-42)45-15-17-66-50-11-7-38(23-46(45)50)41-24-48(64)57(80-3)70-28-41/h4-11,14-17,20-24,27-28,44,51H,12-13,18-19,25,29-33,63-64H2,1-3H3,(H,68,74)(H,69,77)(H,71,75)(H,72,78)/t44-,51?/m0/s1. The van der Waals surface area contributed by atoms with Crippen molar-refractivity contribution in [3.63, 3.8) is 0 Å². The maximum absolute atomic E-state index is 13.9. The van der Waals surface area contributed by atoms with Crippen molar-refractivity contribution in [3.05, 3.63) is 144 Å². The number of methoxy groups -OCH3 is 1. The number of anilines is 3. The van der Waals surface area contributed by atoms with Gasteiger partial charge in [-0.25, -0.2) is 18.6 Å². The molecule has 434 valence electrons. The Morgan fingerprint density at radius 2 is 1.50 bits per heavy atom. The second-order valence-corrected chi connectivity index (χ2v) is 22.0. The average molecular weight is 1180 g/mol. The minimum absolute atomic E-state index is 0.0280. The van der Waals surface area contributed by atoms with E-state index in [1.54, 1.807) is 42.9 Å². The maximum Gasteiger partial charge on any atom is 0.508 e. The average Bonchev–Trinajstić information content (AvgIpc) is 4.00. The molecule has 3 aromatic carbocycles. The highest BCUT2D eigenvalue weighted by Gasteiger charge is 2.47. The molecule has 0 spiro atoms. The third-order valence-electron chi connectivity index (χ3n) is 13.3. The van der Waals surface area contributed by atoms with E-state index in [4.69, 9.17) is 25.7 Å². The molecule has 5 heterocycles. The number of alkyl halides is 2. The number of ether oxygens (including phenoxy) is 3. The SMILES string of the molecule is COc1ncc(-c2ccc3nccc(-c4ccc(COC(=O)OCCSSCC(NC(=O)CCC(=O)NCc5cc(C(=O)NCC(=O)N6CC(F)(F)C[C@H]6C#N)ccn5)C(=O)Nc5ccc(-c6ccc(N)c(C)c6)cc5C)nc4)c3c2)cc1N. The lowest BCUT2D eigenvalue weighted by atomic mass is 9.98. The monoisotopic (exact) mass is 1180 g/mol. The summed E-state index contributed by atoms with van der Waals surface area (Å²) >= 11 is 0. The molecule has 1 saturated heterocycles. The summed E-state index contributed by atoms with van der Waals surface area (Å²) in [5.41, 5.74) is 22.3. The lowest BCUT2D eigenvalue weighted by Gasteiger charge is -2.19. The number of aromatic nitrogens is 4. The Morgan fingerprint density at radius 1 is 0.774 bits per heavy atom. The lowest BCUT2D eigenvalue weighted by molar-refractivity contribution is -0.131. The first-order valence-corrected chi connectivity index (χ1v) is 28.7. The number of pyridine rings is 4. The van der Waals surface area contributed by atoms with Gasteiger partial charge < -0.3 is 51.8 Å². The number of carbonyl (C=O) groups excluding carboxylic acids is 6. The van der Waals surface area contributed by atoms with Crippen LogP contribution in [-0.4, -0.2) is 117 Å². The zero-order chi connectivity index (χ0) is 59.9. The van der Waals surface area contributed by atoms with Crippen LogP contribution in [0, 0.1) is 25.2 Å². The Hall–Kier alpha value is -9.41. The van der Waals surface area contributed by atoms with Crippen LogP contribution in [0.1, 0.15) is 52.1 Å². The van der Waals surface area contributed by atoms with Gasteiger partial charge in [-0.3, -0.25) is 38.9 Å². The summed E-state index contributed by atoms with van der Waals surface area (Å²) in [6.45, 7) is 1.91. The van der Waals surface area contributed by atoms with Crippen LogP contribution in [0.3, 0.4) is 0 Å². The first kappa shape index (κ1) is 60.7. The van der Waals surface area contributed by atoms with Gasteiger partial charge in [0.2, 0.25) is 29.5 Å². The molecule has 8 N–H and O–H groups in total. The summed E-state index contributed by atoms with van der Waals surface area (Å²) in [7, 11) is 4.06. The number of rotatable bonds is 23. The Morgan fingerprint density at radius 3 is 2.24 bits per heavy atom. The van der Waals surface area contributed by atoms with Gasteiger partial charge in [-0.15, -0.1) is 0 Å². The number of hydrogen-bond acceptors (Lipinski definition) is 18. The van der Waals surface area contributed by atoms with Crippen LogP contribution in [-0.2, 0) is 41.8 Å². The minimum atomic E-state index is -3.21. The highest BCUT2D eigenvalue weighted by molar-refractivity contribution is 8.76. The Labute approximate surface area is 489 Å². The molecule has 0 bridgehead atoms. The largest absolute Gasteiger partial charge is 0.508 e. The molecule has 1 aliphatic heterocycles. The summed E-state index contributed by atoms with van der Waals surface area (Å²) in [6, 6.07) is 26.5. The predicted molar refractivity (Wildman–Crippen MR) is 315 cm³/mol. The number of nitrogen functional groups attached to an aromatic ring is 2. The van der Waals surface area contributed by atoms with Crippen molar-refractivity contribution < 1.29 is 51.8 Å². The van der Waals surface area contributed by atoms with Gasteiger partial charge in [0, 0.05) is 89.0 Å². The van der Waals surface area contributed by atoms with Crippen LogP contribution >= 0.6 is 21.6 Å². The lowest BCUT2D eigenvalue weighted by Crippen LogP contribution is -2.45. The molecule has 5 amide bonds. The molecule has 25 heteroatoms. The van der Waals surface area contributed by atoms with Gasteiger partial charge in [-0.1, -0.05) is 45.9 Å². The molecule has 1 aliphatic rings. The first-order valence-electron chi connectivity index (χ1n) is 26.2. The van der Waals surface area contributed by atoms with E-state index in [0.29, 0.717) is 34.4 Å². The molecule has 1 fully saturated rings. The van der Waals surface area contributed by atoms with Gasteiger partial charge in [0.25, 0.3) is 11.8 Å². The Bertz CT molecular complexity index is 3650. The second-order valence-electron chi connectivity index (χ2n) is 19.4. The third kappa shape index (κ3) is 16.2. The summed E-state index contributed by atoms with van der Waals surface area (Å²) in [5.74, 6) is -5.65. The van der Waals surface area contributed by atoms with Gasteiger partial charge in [0.05, 0.1) is 55.4 Å². The van der Waals surface area contributed by atoms with Gasteiger partial charge in [0.15, 0.2) is 0 Å². The van der Waals surface area contributed by atoms with Crippen molar-refractivity contribution in [2.75, 3.05) is 55.1 Å². The van der Waals surface area contributed by atoms with E-state index in [1.165, 1.54) is 47.0 Å². The number of fused-ring (bicyclic) bond motifs is 1. The molecule has 8 rings (SSSR count). The van der Waals surface area contributed by atoms with E-state index in [1.807, 2.05) is 74.5 Å². The van der Waals surface area contributed by atoms with E-state index in [-0.39, 0.29) is 49.6 Å². The molecule has 0 aliphatic carbocycles. The van der Waals surface area contributed by atoms with Crippen LogP contribution in [0.2, 0.25) is 0 Å². The van der Waals surface area contributed by atoms with Crippen LogP contribution in [0.4, 0.5) is 30.6 Å². The van der Waals surface area contributed by atoms with Crippen LogP contribution in [0.25, 0.3) is 44.3 Å². The van der Waals surface area contributed by atoms with E-state index in [2.05, 4.69) is 41.2 Å². The number of nitrogens with two attached hydrogens (primary N) is 2.